The molecule has 2 rings (SSSR count). The predicted molar refractivity (Wildman–Crippen MR) is 79.0 cm³/mol. The Labute approximate surface area is 117 Å². The van der Waals surface area contributed by atoms with Crippen LogP contribution in [0.25, 0.3) is 5.70 Å². The molecule has 1 aliphatic heterocycles. The molecule has 1 aliphatic rings. The molecular weight excluding hydrogens is 257 g/mol. The molecule has 108 valence electrons. The van der Waals surface area contributed by atoms with E-state index in [0.29, 0.717) is 11.7 Å². The van der Waals surface area contributed by atoms with Gasteiger partial charge in [-0.1, -0.05) is 0 Å². The molecule has 0 unspecified atom stereocenters. The number of guanidine groups is 1. The van der Waals surface area contributed by atoms with Gasteiger partial charge in [-0.2, -0.15) is 0 Å². The molecule has 0 amide bonds. The average Bonchev–Trinajstić information content (AvgIpc) is 2.46. The summed E-state index contributed by atoms with van der Waals surface area (Å²) in [6.45, 7) is 1.58. The van der Waals surface area contributed by atoms with Gasteiger partial charge in [-0.3, -0.25) is 0 Å². The van der Waals surface area contributed by atoms with Crippen LogP contribution in [0.4, 0.5) is 4.39 Å². The molecule has 0 bridgehead atoms. The van der Waals surface area contributed by atoms with Crippen molar-refractivity contribution in [3.05, 3.63) is 41.8 Å². The van der Waals surface area contributed by atoms with Crippen molar-refractivity contribution in [3.8, 4) is 0 Å². The van der Waals surface area contributed by atoms with Crippen molar-refractivity contribution in [1.82, 2.24) is 4.90 Å². The molecular formula is C14H20FN5. The van der Waals surface area contributed by atoms with Gasteiger partial charge in [0.2, 0.25) is 0 Å². The third kappa shape index (κ3) is 3.48. The minimum atomic E-state index is -0.299. The zero-order chi connectivity index (χ0) is 14.5. The van der Waals surface area contributed by atoms with E-state index in [1.807, 2.05) is 4.90 Å². The van der Waals surface area contributed by atoms with Crippen molar-refractivity contribution in [2.45, 2.75) is 18.9 Å². The maximum Gasteiger partial charge on any atom is 0.196 e. The number of rotatable bonds is 2. The van der Waals surface area contributed by atoms with Crippen LogP contribution in [0.2, 0.25) is 0 Å². The van der Waals surface area contributed by atoms with Gasteiger partial charge in [-0.05, 0) is 37.1 Å². The van der Waals surface area contributed by atoms with Crippen LogP contribution in [0.15, 0.2) is 35.5 Å². The molecule has 0 aliphatic carbocycles. The minimum Gasteiger partial charge on any atom is -0.403 e. The van der Waals surface area contributed by atoms with Crippen molar-refractivity contribution in [1.29, 1.82) is 0 Å². The van der Waals surface area contributed by atoms with E-state index in [2.05, 4.69) is 4.99 Å². The van der Waals surface area contributed by atoms with Crippen LogP contribution in [-0.4, -0.2) is 30.0 Å². The number of nitrogens with two attached hydrogens (primary N) is 3. The molecule has 6 N–H and O–H groups in total. The topological polar surface area (TPSA) is 93.7 Å². The Morgan fingerprint density at radius 1 is 1.25 bits per heavy atom. The van der Waals surface area contributed by atoms with Gasteiger partial charge in [0.15, 0.2) is 5.96 Å². The van der Waals surface area contributed by atoms with E-state index in [-0.39, 0.29) is 11.9 Å². The highest BCUT2D eigenvalue weighted by Gasteiger charge is 2.17. The summed E-state index contributed by atoms with van der Waals surface area (Å²) in [7, 11) is 0. The minimum absolute atomic E-state index is 0.237. The molecule has 20 heavy (non-hydrogen) atoms. The lowest BCUT2D eigenvalue weighted by Gasteiger charge is -2.30. The van der Waals surface area contributed by atoms with Crippen molar-refractivity contribution in [2.75, 3.05) is 13.1 Å². The second kappa shape index (κ2) is 6.38. The number of likely N-dealkylation sites (tertiary alicyclic amines) is 1. The Morgan fingerprint density at radius 2 is 1.85 bits per heavy atom. The molecule has 1 aromatic carbocycles. The summed E-state index contributed by atoms with van der Waals surface area (Å²) in [5.41, 5.74) is 18.7. The highest BCUT2D eigenvalue weighted by atomic mass is 19.1. The van der Waals surface area contributed by atoms with Crippen LogP contribution < -0.4 is 17.2 Å². The Kier molecular flexibility index (Phi) is 4.57. The maximum atomic E-state index is 12.9. The Hall–Kier alpha value is -2.08. The zero-order valence-corrected chi connectivity index (χ0v) is 11.3. The van der Waals surface area contributed by atoms with Gasteiger partial charge in [-0.15, -0.1) is 0 Å². The average molecular weight is 277 g/mol. The molecule has 1 heterocycles. The van der Waals surface area contributed by atoms with E-state index >= 15 is 0 Å². The normalized spacial score (nSPS) is 18.4. The van der Waals surface area contributed by atoms with E-state index in [4.69, 9.17) is 17.2 Å². The predicted octanol–water partition coefficient (Wildman–Crippen LogP) is 0.821. The SMILES string of the molecule is N/C=C(\N=C(N)N1CCC(N)CC1)c1ccc(F)cc1. The van der Waals surface area contributed by atoms with Gasteiger partial charge >= 0.3 is 0 Å². The van der Waals surface area contributed by atoms with E-state index in [0.717, 1.165) is 31.5 Å². The van der Waals surface area contributed by atoms with Gasteiger partial charge < -0.3 is 22.1 Å². The van der Waals surface area contributed by atoms with Crippen LogP contribution in [0.3, 0.4) is 0 Å². The molecule has 1 fully saturated rings. The molecule has 0 atom stereocenters. The van der Waals surface area contributed by atoms with E-state index in [1.54, 1.807) is 12.1 Å². The summed E-state index contributed by atoms with van der Waals surface area (Å²) in [6.07, 6.45) is 3.17. The van der Waals surface area contributed by atoms with Gasteiger partial charge in [0.25, 0.3) is 0 Å². The molecule has 0 radical (unpaired) electrons. The lowest BCUT2D eigenvalue weighted by atomic mass is 10.1. The molecule has 6 heteroatoms. The molecule has 1 aromatic rings. The Balaban J connectivity index is 2.12. The van der Waals surface area contributed by atoms with Crippen molar-refractivity contribution < 1.29 is 4.39 Å². The Bertz CT molecular complexity index is 501. The first-order valence-electron chi connectivity index (χ1n) is 6.62. The standard InChI is InChI=1S/C14H20FN5/c15-11-3-1-10(2-4-11)13(9-16)19-14(18)20-7-5-12(17)6-8-20/h1-4,9,12H,5-8,16-17H2,(H2,18,19)/b13-9-. The van der Waals surface area contributed by atoms with E-state index in [1.165, 1.54) is 18.3 Å². The number of benzene rings is 1. The summed E-state index contributed by atoms with van der Waals surface area (Å²) in [6, 6.07) is 6.21. The Morgan fingerprint density at radius 3 is 2.40 bits per heavy atom. The fourth-order valence-electron chi connectivity index (χ4n) is 2.14. The second-order valence-corrected chi connectivity index (χ2v) is 4.85. The van der Waals surface area contributed by atoms with Crippen LogP contribution in [0.5, 0.6) is 0 Å². The highest BCUT2D eigenvalue weighted by molar-refractivity contribution is 5.85. The molecule has 0 saturated carbocycles. The monoisotopic (exact) mass is 277 g/mol. The third-order valence-corrected chi connectivity index (χ3v) is 3.40. The smallest absolute Gasteiger partial charge is 0.196 e. The van der Waals surface area contributed by atoms with Gasteiger partial charge in [-0.25, -0.2) is 9.38 Å². The second-order valence-electron chi connectivity index (χ2n) is 4.85. The number of hydrogen-bond acceptors (Lipinski definition) is 3. The van der Waals surface area contributed by atoms with Crippen LogP contribution in [0.1, 0.15) is 18.4 Å². The molecule has 0 aromatic heterocycles. The lowest BCUT2D eigenvalue weighted by molar-refractivity contribution is 0.311. The van der Waals surface area contributed by atoms with Crippen LogP contribution in [0, 0.1) is 5.82 Å². The largest absolute Gasteiger partial charge is 0.403 e. The number of halogens is 1. The van der Waals surface area contributed by atoms with Gasteiger partial charge in [0, 0.05) is 30.9 Å². The number of piperidine rings is 1. The maximum absolute atomic E-state index is 12.9. The molecule has 0 spiro atoms. The van der Waals surface area contributed by atoms with Crippen molar-refractivity contribution in [2.24, 2.45) is 22.2 Å². The first-order valence-corrected chi connectivity index (χ1v) is 6.62. The summed E-state index contributed by atoms with van der Waals surface area (Å²) >= 11 is 0. The number of nitrogens with zero attached hydrogens (tertiary/aromatic N) is 2. The summed E-state index contributed by atoms with van der Waals surface area (Å²) in [5, 5.41) is 0. The van der Waals surface area contributed by atoms with Crippen LogP contribution >= 0.6 is 0 Å². The van der Waals surface area contributed by atoms with Crippen LogP contribution in [-0.2, 0) is 0 Å². The molecule has 1 saturated heterocycles. The molecule has 5 nitrogen and oxygen atoms in total. The summed E-state index contributed by atoms with van der Waals surface area (Å²) < 4.78 is 12.9. The third-order valence-electron chi connectivity index (χ3n) is 3.40. The van der Waals surface area contributed by atoms with Crippen molar-refractivity contribution >= 4 is 11.7 Å². The number of aliphatic imine (C=N–C) groups is 1. The van der Waals surface area contributed by atoms with E-state index in [9.17, 15) is 4.39 Å². The fourth-order valence-corrected chi connectivity index (χ4v) is 2.14. The van der Waals surface area contributed by atoms with E-state index < -0.39 is 0 Å². The van der Waals surface area contributed by atoms with Crippen molar-refractivity contribution in [3.63, 3.8) is 0 Å². The highest BCUT2D eigenvalue weighted by Crippen LogP contribution is 2.16. The zero-order valence-electron chi connectivity index (χ0n) is 11.3. The lowest BCUT2D eigenvalue weighted by Crippen LogP contribution is -2.46. The number of hydrogen-bond donors (Lipinski definition) is 3. The van der Waals surface area contributed by atoms with Gasteiger partial charge in [0.05, 0.1) is 5.70 Å². The van der Waals surface area contributed by atoms with Gasteiger partial charge in [0.1, 0.15) is 5.82 Å². The first-order chi connectivity index (χ1) is 9.60. The fraction of sp³-hybridized carbons (Fsp3) is 0.357. The quantitative estimate of drug-likeness (QED) is 0.551. The summed E-state index contributed by atoms with van der Waals surface area (Å²) in [5.74, 6) is 0.116. The summed E-state index contributed by atoms with van der Waals surface area (Å²) in [4.78, 5) is 6.32. The first kappa shape index (κ1) is 14.3.